The molecule has 0 aliphatic heterocycles. The first-order valence-electron chi connectivity index (χ1n) is 21.3. The van der Waals surface area contributed by atoms with E-state index in [-0.39, 0.29) is 10.8 Å². The molecule has 2 aromatic heterocycles. The molecule has 0 atom stereocenters. The van der Waals surface area contributed by atoms with Crippen LogP contribution in [0.3, 0.4) is 0 Å². The van der Waals surface area contributed by atoms with Gasteiger partial charge in [0.05, 0.1) is 0 Å². The van der Waals surface area contributed by atoms with Gasteiger partial charge in [0.2, 0.25) is 0 Å². The number of hydrogen-bond donors (Lipinski definition) is 0. The van der Waals surface area contributed by atoms with Crippen LogP contribution in [0.25, 0.3) is 86.3 Å². The van der Waals surface area contributed by atoms with Gasteiger partial charge in [-0.05, 0) is 104 Å². The van der Waals surface area contributed by atoms with E-state index in [1.807, 2.05) is 11.3 Å². The van der Waals surface area contributed by atoms with Gasteiger partial charge >= 0.3 is 0 Å². The van der Waals surface area contributed by atoms with Crippen LogP contribution in [0.2, 0.25) is 0 Å². The van der Waals surface area contributed by atoms with Gasteiger partial charge in [0, 0.05) is 76.0 Å². The van der Waals surface area contributed by atoms with Crippen LogP contribution in [0.4, 0.5) is 17.1 Å². The normalized spacial score (nSPS) is 14.5. The molecule has 11 aromatic rings. The molecule has 3 heteroatoms. The molecule has 290 valence electrons. The van der Waals surface area contributed by atoms with Crippen LogP contribution < -0.4 is 4.90 Å². The topological polar surface area (TPSA) is 16.4 Å². The lowest BCUT2D eigenvalue weighted by Gasteiger charge is -2.29. The zero-order valence-corrected chi connectivity index (χ0v) is 35.3. The van der Waals surface area contributed by atoms with Gasteiger partial charge in [-0.2, -0.15) is 0 Å². The molecular weight excluding hydrogens is 759 g/mol. The number of furan rings is 1. The van der Waals surface area contributed by atoms with Crippen molar-refractivity contribution in [1.82, 2.24) is 0 Å². The van der Waals surface area contributed by atoms with E-state index in [1.54, 1.807) is 0 Å². The maximum absolute atomic E-state index is 7.21. The number of nitrogens with zero attached hydrogens (tertiary/aromatic N) is 1. The number of rotatable bonds is 4. The fraction of sp³-hybridized carbons (Fsp3) is 0.103. The van der Waals surface area contributed by atoms with Crippen molar-refractivity contribution >= 4 is 81.3 Å². The minimum atomic E-state index is -0.131. The highest BCUT2D eigenvalue weighted by atomic mass is 32.1. The van der Waals surface area contributed by atoms with Crippen molar-refractivity contribution in [2.75, 3.05) is 4.90 Å². The number of hydrogen-bond acceptors (Lipinski definition) is 3. The van der Waals surface area contributed by atoms with Crippen molar-refractivity contribution < 1.29 is 4.42 Å². The van der Waals surface area contributed by atoms with Crippen LogP contribution in [0.5, 0.6) is 0 Å². The Morgan fingerprint density at radius 2 is 0.951 bits per heavy atom. The van der Waals surface area contributed by atoms with Gasteiger partial charge in [0.25, 0.3) is 0 Å². The Balaban J connectivity index is 1.04. The fourth-order valence-electron chi connectivity index (χ4n) is 11.0. The van der Waals surface area contributed by atoms with Crippen LogP contribution in [0.15, 0.2) is 180 Å². The van der Waals surface area contributed by atoms with Crippen molar-refractivity contribution in [1.29, 1.82) is 0 Å². The van der Waals surface area contributed by atoms with E-state index in [0.29, 0.717) is 0 Å². The molecule has 0 saturated carbocycles. The van der Waals surface area contributed by atoms with Gasteiger partial charge in [0.1, 0.15) is 11.2 Å². The van der Waals surface area contributed by atoms with E-state index in [2.05, 4.69) is 209 Å². The molecule has 2 aliphatic carbocycles. The Morgan fingerprint density at radius 3 is 1.66 bits per heavy atom. The molecule has 0 spiro atoms. The van der Waals surface area contributed by atoms with E-state index >= 15 is 0 Å². The second kappa shape index (κ2) is 12.3. The van der Waals surface area contributed by atoms with E-state index in [4.69, 9.17) is 4.42 Å². The molecule has 0 saturated heterocycles. The van der Waals surface area contributed by atoms with E-state index in [1.165, 1.54) is 81.0 Å². The lowest BCUT2D eigenvalue weighted by Crippen LogP contribution is -2.18. The van der Waals surface area contributed by atoms with Gasteiger partial charge in [-0.3, -0.25) is 0 Å². The summed E-state index contributed by atoms with van der Waals surface area (Å²) in [6.45, 7) is 9.45. The van der Waals surface area contributed by atoms with Crippen LogP contribution in [0, 0.1) is 0 Å². The van der Waals surface area contributed by atoms with Crippen molar-refractivity contribution in [3.63, 3.8) is 0 Å². The molecule has 0 N–H and O–H groups in total. The molecule has 13 rings (SSSR count). The zero-order chi connectivity index (χ0) is 40.8. The standard InChI is InChI=1S/C58H41NOS/c1-57(2)48-21-10-7-16-39(48)41-27-24-35(31-50(41)57)59(36-25-28-42-40-17-8-11-22-49(40)58(3,4)51(42)32-36)37-26-29-43-47-30-34-14-5-6-15-38(34)54(55(47)60-52(43)33-37)46-20-13-19-45-44-18-9-12-23-53(44)61-56(45)46/h5-33H,1-4H3. The van der Waals surface area contributed by atoms with Gasteiger partial charge in [0.15, 0.2) is 0 Å². The minimum Gasteiger partial charge on any atom is -0.455 e. The number of thiophene rings is 1. The minimum absolute atomic E-state index is 0.131. The Hall–Kier alpha value is -6.94. The highest BCUT2D eigenvalue weighted by molar-refractivity contribution is 7.26. The van der Waals surface area contributed by atoms with Crippen molar-refractivity contribution in [2.24, 2.45) is 0 Å². The predicted octanol–water partition coefficient (Wildman–Crippen LogP) is 16.9. The molecule has 0 radical (unpaired) electrons. The molecule has 2 heterocycles. The third-order valence-electron chi connectivity index (χ3n) is 14.1. The third kappa shape index (κ3) is 4.78. The fourth-order valence-corrected chi connectivity index (χ4v) is 12.2. The second-order valence-corrected chi connectivity index (χ2v) is 19.1. The first-order valence-corrected chi connectivity index (χ1v) is 22.1. The molecule has 0 unspecified atom stereocenters. The van der Waals surface area contributed by atoms with Gasteiger partial charge in [-0.25, -0.2) is 0 Å². The number of anilines is 3. The summed E-state index contributed by atoms with van der Waals surface area (Å²) in [6.07, 6.45) is 0. The summed E-state index contributed by atoms with van der Waals surface area (Å²) in [5, 5.41) is 7.24. The third-order valence-corrected chi connectivity index (χ3v) is 15.3. The van der Waals surface area contributed by atoms with E-state index in [0.717, 1.165) is 44.6 Å². The highest BCUT2D eigenvalue weighted by Gasteiger charge is 2.38. The largest absolute Gasteiger partial charge is 0.455 e. The van der Waals surface area contributed by atoms with Crippen molar-refractivity contribution in [2.45, 2.75) is 38.5 Å². The first kappa shape index (κ1) is 34.9. The van der Waals surface area contributed by atoms with Gasteiger partial charge in [-0.15, -0.1) is 11.3 Å². The summed E-state index contributed by atoms with van der Waals surface area (Å²) < 4.78 is 9.80. The van der Waals surface area contributed by atoms with E-state index in [9.17, 15) is 0 Å². The predicted molar refractivity (Wildman–Crippen MR) is 259 cm³/mol. The summed E-state index contributed by atoms with van der Waals surface area (Å²) in [4.78, 5) is 2.45. The zero-order valence-electron chi connectivity index (χ0n) is 34.5. The summed E-state index contributed by atoms with van der Waals surface area (Å²) in [5.41, 5.74) is 18.0. The summed E-state index contributed by atoms with van der Waals surface area (Å²) in [5.74, 6) is 0. The smallest absolute Gasteiger partial charge is 0.143 e. The van der Waals surface area contributed by atoms with Crippen LogP contribution >= 0.6 is 11.3 Å². The maximum Gasteiger partial charge on any atom is 0.143 e. The Labute approximate surface area is 358 Å². The van der Waals surface area contributed by atoms with Crippen molar-refractivity contribution in [3.05, 3.63) is 198 Å². The average Bonchev–Trinajstić information content (AvgIpc) is 3.98. The van der Waals surface area contributed by atoms with E-state index < -0.39 is 0 Å². The number of benzene rings is 9. The Bertz CT molecular complexity index is 3570. The lowest BCUT2D eigenvalue weighted by atomic mass is 9.82. The van der Waals surface area contributed by atoms with Crippen molar-refractivity contribution in [3.8, 4) is 33.4 Å². The SMILES string of the molecule is CC1(C)c2ccccc2-c2ccc(N(c3ccc4c(c3)C(C)(C)c3ccccc3-4)c3ccc4c(c3)oc3c(-c5cccc6c5sc5ccccc56)c5ccccc5cc34)cc21. The summed E-state index contributed by atoms with van der Waals surface area (Å²) in [7, 11) is 0. The molecule has 0 amide bonds. The second-order valence-electron chi connectivity index (χ2n) is 18.0. The summed E-state index contributed by atoms with van der Waals surface area (Å²) >= 11 is 1.87. The maximum atomic E-state index is 7.21. The Kier molecular flexibility index (Phi) is 7.04. The molecule has 2 aliphatic rings. The van der Waals surface area contributed by atoms with Gasteiger partial charge < -0.3 is 9.32 Å². The monoisotopic (exact) mass is 799 g/mol. The molecular formula is C58H41NOS. The molecule has 61 heavy (non-hydrogen) atoms. The highest BCUT2D eigenvalue weighted by Crippen LogP contribution is 2.54. The molecule has 2 nitrogen and oxygen atoms in total. The molecule has 9 aromatic carbocycles. The molecule has 0 fully saturated rings. The summed E-state index contributed by atoms with van der Waals surface area (Å²) in [6, 6.07) is 65.4. The Morgan fingerprint density at radius 1 is 0.410 bits per heavy atom. The van der Waals surface area contributed by atoms with Crippen LogP contribution in [0.1, 0.15) is 49.9 Å². The average molecular weight is 800 g/mol. The van der Waals surface area contributed by atoms with Crippen LogP contribution in [-0.2, 0) is 10.8 Å². The van der Waals surface area contributed by atoms with Gasteiger partial charge in [-0.1, -0.05) is 149 Å². The lowest BCUT2D eigenvalue weighted by molar-refractivity contribution is 0.660. The quantitative estimate of drug-likeness (QED) is 0.176. The van der Waals surface area contributed by atoms with Crippen LogP contribution in [-0.4, -0.2) is 0 Å². The first-order chi connectivity index (χ1) is 29.8. The number of fused-ring (bicyclic) bond motifs is 13. The molecule has 0 bridgehead atoms.